The van der Waals surface area contributed by atoms with Crippen LogP contribution in [0.2, 0.25) is 0 Å². The second kappa shape index (κ2) is 7.43. The molecule has 2 aromatic heterocycles. The van der Waals surface area contributed by atoms with Crippen molar-refractivity contribution in [3.63, 3.8) is 0 Å². The fraction of sp³-hybridized carbons (Fsp3) is 0.400. The molecule has 2 aromatic rings. The standard InChI is InChI=1S/C13H16N4O.C2H6/c1-9(2)12-5-7-16-17(12)10-4-6-15-11(8-10)13(18)14-3;1-2/h4-9H,1-3H3,(H,14,18);1-2H3. The summed E-state index contributed by atoms with van der Waals surface area (Å²) in [7, 11) is 1.59. The molecule has 1 amide bonds. The molecule has 0 saturated heterocycles. The Morgan fingerprint density at radius 1 is 1.25 bits per heavy atom. The number of rotatable bonds is 3. The Hall–Kier alpha value is -2.17. The van der Waals surface area contributed by atoms with E-state index in [2.05, 4.69) is 29.2 Å². The molecule has 0 aliphatic carbocycles. The van der Waals surface area contributed by atoms with E-state index in [4.69, 9.17) is 0 Å². The van der Waals surface area contributed by atoms with Gasteiger partial charge in [0.1, 0.15) is 5.69 Å². The highest BCUT2D eigenvalue weighted by atomic mass is 16.1. The summed E-state index contributed by atoms with van der Waals surface area (Å²) in [5.74, 6) is 0.166. The number of aromatic nitrogens is 3. The van der Waals surface area contributed by atoms with Gasteiger partial charge in [0, 0.05) is 25.1 Å². The molecule has 0 radical (unpaired) electrons. The first-order chi connectivity index (χ1) is 9.63. The van der Waals surface area contributed by atoms with Crippen molar-refractivity contribution in [1.82, 2.24) is 20.1 Å². The summed E-state index contributed by atoms with van der Waals surface area (Å²) >= 11 is 0. The molecule has 0 unspecified atom stereocenters. The molecule has 0 bridgehead atoms. The summed E-state index contributed by atoms with van der Waals surface area (Å²) in [5.41, 5.74) is 2.33. The smallest absolute Gasteiger partial charge is 0.269 e. The predicted molar refractivity (Wildman–Crippen MR) is 80.2 cm³/mol. The van der Waals surface area contributed by atoms with Crippen LogP contribution in [0.4, 0.5) is 0 Å². The molecule has 0 aliphatic heterocycles. The number of nitrogens with zero attached hydrogens (tertiary/aromatic N) is 3. The molecule has 0 fully saturated rings. The minimum atomic E-state index is -0.199. The zero-order valence-corrected chi connectivity index (χ0v) is 12.7. The summed E-state index contributed by atoms with van der Waals surface area (Å²) < 4.78 is 1.83. The van der Waals surface area contributed by atoms with Crippen LogP contribution >= 0.6 is 0 Å². The van der Waals surface area contributed by atoms with Gasteiger partial charge in [-0.25, -0.2) is 4.68 Å². The number of pyridine rings is 1. The van der Waals surface area contributed by atoms with Crippen molar-refractivity contribution < 1.29 is 4.79 Å². The zero-order valence-electron chi connectivity index (χ0n) is 12.7. The molecule has 0 aromatic carbocycles. The number of carbonyl (C=O) groups is 1. The minimum Gasteiger partial charge on any atom is -0.354 e. The first kappa shape index (κ1) is 15.9. The predicted octanol–water partition coefficient (Wildman–Crippen LogP) is 2.78. The highest BCUT2D eigenvalue weighted by molar-refractivity contribution is 5.92. The van der Waals surface area contributed by atoms with Crippen LogP contribution in [0.3, 0.4) is 0 Å². The van der Waals surface area contributed by atoms with E-state index in [0.717, 1.165) is 11.4 Å². The Morgan fingerprint density at radius 2 is 1.95 bits per heavy atom. The normalized spacial score (nSPS) is 9.90. The lowest BCUT2D eigenvalue weighted by Gasteiger charge is -2.10. The highest BCUT2D eigenvalue weighted by Gasteiger charge is 2.11. The summed E-state index contributed by atoms with van der Waals surface area (Å²) in [5, 5.41) is 6.85. The Balaban J connectivity index is 0.000000956. The lowest BCUT2D eigenvalue weighted by atomic mass is 10.1. The fourth-order valence-electron chi connectivity index (χ4n) is 1.77. The fourth-order valence-corrected chi connectivity index (χ4v) is 1.77. The van der Waals surface area contributed by atoms with Gasteiger partial charge in [0.2, 0.25) is 0 Å². The van der Waals surface area contributed by atoms with Crippen molar-refractivity contribution in [2.24, 2.45) is 0 Å². The van der Waals surface area contributed by atoms with Gasteiger partial charge in [0.15, 0.2) is 0 Å². The molecule has 108 valence electrons. The number of amides is 1. The molecule has 2 heterocycles. The maximum absolute atomic E-state index is 11.6. The lowest BCUT2D eigenvalue weighted by molar-refractivity contribution is 0.0958. The molecule has 1 N–H and O–H groups in total. The number of hydrogen-bond acceptors (Lipinski definition) is 3. The van der Waals surface area contributed by atoms with Crippen molar-refractivity contribution in [2.45, 2.75) is 33.6 Å². The maximum atomic E-state index is 11.6. The van der Waals surface area contributed by atoms with Crippen molar-refractivity contribution in [1.29, 1.82) is 0 Å². The summed E-state index contributed by atoms with van der Waals surface area (Å²) in [6, 6.07) is 5.55. The van der Waals surface area contributed by atoms with Crippen molar-refractivity contribution >= 4 is 5.91 Å². The topological polar surface area (TPSA) is 59.8 Å². The number of carbonyl (C=O) groups excluding carboxylic acids is 1. The second-order valence-corrected chi connectivity index (χ2v) is 4.30. The molecular formula is C15H22N4O. The van der Waals surface area contributed by atoms with Crippen LogP contribution in [-0.2, 0) is 0 Å². The Bertz CT molecular complexity index is 561. The van der Waals surface area contributed by atoms with Gasteiger partial charge in [-0.2, -0.15) is 5.10 Å². The van der Waals surface area contributed by atoms with E-state index in [-0.39, 0.29) is 5.91 Å². The monoisotopic (exact) mass is 274 g/mol. The van der Waals surface area contributed by atoms with Crippen LogP contribution in [0, 0.1) is 0 Å². The van der Waals surface area contributed by atoms with Crippen LogP contribution in [0.25, 0.3) is 5.69 Å². The van der Waals surface area contributed by atoms with Crippen LogP contribution in [0.15, 0.2) is 30.6 Å². The Labute approximate surface area is 120 Å². The summed E-state index contributed by atoms with van der Waals surface area (Å²) in [4.78, 5) is 15.6. The molecule has 0 atom stereocenters. The highest BCUT2D eigenvalue weighted by Crippen LogP contribution is 2.18. The number of nitrogens with one attached hydrogen (secondary N) is 1. The van der Waals surface area contributed by atoms with Gasteiger partial charge < -0.3 is 5.32 Å². The van der Waals surface area contributed by atoms with Gasteiger partial charge in [-0.3, -0.25) is 9.78 Å². The average Bonchev–Trinajstić information content (AvgIpc) is 2.98. The first-order valence-corrected chi connectivity index (χ1v) is 6.86. The molecule has 20 heavy (non-hydrogen) atoms. The molecule has 2 rings (SSSR count). The first-order valence-electron chi connectivity index (χ1n) is 6.86. The molecular weight excluding hydrogens is 252 g/mol. The van der Waals surface area contributed by atoms with E-state index in [1.165, 1.54) is 0 Å². The second-order valence-electron chi connectivity index (χ2n) is 4.30. The molecule has 0 saturated carbocycles. The largest absolute Gasteiger partial charge is 0.354 e. The quantitative estimate of drug-likeness (QED) is 0.936. The third kappa shape index (κ3) is 3.44. The van der Waals surface area contributed by atoms with E-state index in [0.29, 0.717) is 11.6 Å². The van der Waals surface area contributed by atoms with Gasteiger partial charge in [-0.1, -0.05) is 27.7 Å². The molecule has 0 aliphatic rings. The van der Waals surface area contributed by atoms with Crippen molar-refractivity contribution in [3.8, 4) is 5.69 Å². The van der Waals surface area contributed by atoms with Crippen LogP contribution < -0.4 is 5.32 Å². The SMILES string of the molecule is CC.CNC(=O)c1cc(-n2nccc2C(C)C)ccn1. The van der Waals surface area contributed by atoms with E-state index in [1.807, 2.05) is 30.7 Å². The van der Waals surface area contributed by atoms with E-state index in [9.17, 15) is 4.79 Å². The molecule has 5 heteroatoms. The maximum Gasteiger partial charge on any atom is 0.269 e. The van der Waals surface area contributed by atoms with Gasteiger partial charge in [0.05, 0.1) is 5.69 Å². The Morgan fingerprint density at radius 3 is 2.55 bits per heavy atom. The van der Waals surface area contributed by atoms with Crippen molar-refractivity contribution in [2.75, 3.05) is 7.05 Å². The number of hydrogen-bond donors (Lipinski definition) is 1. The van der Waals surface area contributed by atoms with Gasteiger partial charge in [-0.05, 0) is 24.1 Å². The van der Waals surface area contributed by atoms with Crippen molar-refractivity contribution in [3.05, 3.63) is 42.0 Å². The molecule has 5 nitrogen and oxygen atoms in total. The van der Waals surface area contributed by atoms with E-state index >= 15 is 0 Å². The summed E-state index contributed by atoms with van der Waals surface area (Å²) in [6.07, 6.45) is 3.38. The summed E-state index contributed by atoms with van der Waals surface area (Å²) in [6.45, 7) is 8.21. The van der Waals surface area contributed by atoms with E-state index < -0.39 is 0 Å². The Kier molecular flexibility index (Phi) is 5.90. The van der Waals surface area contributed by atoms with Crippen LogP contribution in [0.5, 0.6) is 0 Å². The van der Waals surface area contributed by atoms with Gasteiger partial charge >= 0.3 is 0 Å². The van der Waals surface area contributed by atoms with E-state index in [1.54, 1.807) is 25.5 Å². The van der Waals surface area contributed by atoms with Gasteiger partial charge in [0.25, 0.3) is 5.91 Å². The third-order valence-electron chi connectivity index (χ3n) is 2.71. The lowest BCUT2D eigenvalue weighted by Crippen LogP contribution is -2.19. The van der Waals surface area contributed by atoms with Crippen LogP contribution in [0.1, 0.15) is 49.8 Å². The third-order valence-corrected chi connectivity index (χ3v) is 2.71. The van der Waals surface area contributed by atoms with Crippen LogP contribution in [-0.4, -0.2) is 27.7 Å². The average molecular weight is 274 g/mol. The zero-order chi connectivity index (χ0) is 15.1. The molecule has 0 spiro atoms. The minimum absolute atomic E-state index is 0.199. The van der Waals surface area contributed by atoms with Gasteiger partial charge in [-0.15, -0.1) is 0 Å².